The van der Waals surface area contributed by atoms with Gasteiger partial charge in [0.25, 0.3) is 0 Å². The van der Waals surface area contributed by atoms with Crippen LogP contribution in [-0.4, -0.2) is 69.4 Å². The fourth-order valence-electron chi connectivity index (χ4n) is 2.86. The Labute approximate surface area is 150 Å². The quantitative estimate of drug-likeness (QED) is 0.435. The highest BCUT2D eigenvalue weighted by Crippen LogP contribution is 2.20. The van der Waals surface area contributed by atoms with Crippen molar-refractivity contribution in [3.8, 4) is 0 Å². The van der Waals surface area contributed by atoms with Crippen molar-refractivity contribution in [1.82, 2.24) is 15.5 Å². The summed E-state index contributed by atoms with van der Waals surface area (Å²) in [6, 6.07) is -3.27. The Bertz CT molecular complexity index is 590. The smallest absolute Gasteiger partial charge is 0.326 e. The van der Waals surface area contributed by atoms with Crippen LogP contribution >= 0.6 is 0 Å². The molecule has 0 spiro atoms. The molecular weight excluding hydrogens is 346 g/mol. The molecule has 0 radical (unpaired) electrons. The predicted molar refractivity (Wildman–Crippen MR) is 89.0 cm³/mol. The Morgan fingerprint density at radius 1 is 1.12 bits per heavy atom. The number of nitrogens with one attached hydrogen (secondary N) is 2. The third-order valence-corrected chi connectivity index (χ3v) is 4.12. The van der Waals surface area contributed by atoms with Gasteiger partial charge in [-0.05, 0) is 18.8 Å². The summed E-state index contributed by atoms with van der Waals surface area (Å²) in [7, 11) is 0. The Balaban J connectivity index is 2.89. The first-order valence-electron chi connectivity index (χ1n) is 8.37. The molecule has 1 heterocycles. The molecule has 0 aliphatic carbocycles. The van der Waals surface area contributed by atoms with Crippen molar-refractivity contribution in [3.63, 3.8) is 0 Å². The topological polar surface area (TPSA) is 153 Å². The summed E-state index contributed by atoms with van der Waals surface area (Å²) >= 11 is 0. The maximum absolute atomic E-state index is 12.8. The monoisotopic (exact) mass is 371 g/mol. The first-order chi connectivity index (χ1) is 12.0. The number of hydrogen-bond donors (Lipinski definition) is 4. The van der Waals surface area contributed by atoms with Gasteiger partial charge in [0.1, 0.15) is 18.1 Å². The lowest BCUT2D eigenvalue weighted by Crippen LogP contribution is -2.56. The van der Waals surface area contributed by atoms with E-state index in [1.165, 1.54) is 11.8 Å². The number of carboxylic acid groups (broad SMARTS) is 2. The lowest BCUT2D eigenvalue weighted by molar-refractivity contribution is -0.148. The summed E-state index contributed by atoms with van der Waals surface area (Å²) in [5, 5.41) is 22.5. The van der Waals surface area contributed by atoms with Crippen LogP contribution in [0.25, 0.3) is 0 Å². The molecule has 1 aliphatic rings. The fraction of sp³-hybridized carbons (Fsp3) is 0.688. The number of rotatable bonds is 8. The SMILES string of the molecule is CC(=O)N[C@H](C(=O)N1CCC[C@H]1C(=O)N[C@@H](CC(=O)O)C(=O)O)C(C)C. The number of carbonyl (C=O) groups is 5. The zero-order valence-electron chi connectivity index (χ0n) is 15.0. The second-order valence-electron chi connectivity index (χ2n) is 6.61. The van der Waals surface area contributed by atoms with E-state index in [0.717, 1.165) is 0 Å². The van der Waals surface area contributed by atoms with Gasteiger partial charge in [0, 0.05) is 13.5 Å². The van der Waals surface area contributed by atoms with E-state index in [9.17, 15) is 24.0 Å². The maximum atomic E-state index is 12.8. The van der Waals surface area contributed by atoms with Crippen LogP contribution in [0.3, 0.4) is 0 Å². The molecule has 3 atom stereocenters. The number of amides is 3. The van der Waals surface area contributed by atoms with Crippen molar-refractivity contribution in [2.75, 3.05) is 6.54 Å². The average Bonchev–Trinajstić information content (AvgIpc) is 2.99. The highest BCUT2D eigenvalue weighted by atomic mass is 16.4. The number of nitrogens with zero attached hydrogens (tertiary/aromatic N) is 1. The molecule has 0 bridgehead atoms. The van der Waals surface area contributed by atoms with E-state index < -0.39 is 48.3 Å². The Morgan fingerprint density at radius 2 is 1.73 bits per heavy atom. The van der Waals surface area contributed by atoms with Gasteiger partial charge in [-0.15, -0.1) is 0 Å². The van der Waals surface area contributed by atoms with Gasteiger partial charge in [-0.3, -0.25) is 19.2 Å². The molecule has 0 saturated carbocycles. The van der Waals surface area contributed by atoms with Crippen molar-refractivity contribution >= 4 is 29.7 Å². The van der Waals surface area contributed by atoms with Crippen LogP contribution < -0.4 is 10.6 Å². The lowest BCUT2D eigenvalue weighted by Gasteiger charge is -2.30. The van der Waals surface area contributed by atoms with Gasteiger partial charge in [-0.2, -0.15) is 0 Å². The number of carboxylic acids is 2. The van der Waals surface area contributed by atoms with Crippen LogP contribution in [0, 0.1) is 5.92 Å². The molecule has 1 aliphatic heterocycles. The zero-order chi connectivity index (χ0) is 20.0. The minimum Gasteiger partial charge on any atom is -0.481 e. The molecule has 4 N–H and O–H groups in total. The van der Waals surface area contributed by atoms with Gasteiger partial charge in [0.2, 0.25) is 17.7 Å². The first-order valence-corrected chi connectivity index (χ1v) is 8.37. The predicted octanol–water partition coefficient (Wildman–Crippen LogP) is -0.818. The molecule has 146 valence electrons. The summed E-state index contributed by atoms with van der Waals surface area (Å²) in [6.07, 6.45) is 0.121. The number of carbonyl (C=O) groups excluding carboxylic acids is 3. The molecule has 10 nitrogen and oxygen atoms in total. The molecule has 26 heavy (non-hydrogen) atoms. The number of likely N-dealkylation sites (tertiary alicyclic amines) is 1. The highest BCUT2D eigenvalue weighted by molar-refractivity contribution is 5.94. The molecule has 1 fully saturated rings. The van der Waals surface area contributed by atoms with Crippen molar-refractivity contribution < 1.29 is 34.2 Å². The van der Waals surface area contributed by atoms with E-state index in [4.69, 9.17) is 10.2 Å². The minimum absolute atomic E-state index is 0.200. The number of hydrogen-bond acceptors (Lipinski definition) is 5. The molecular formula is C16H25N3O7. The van der Waals surface area contributed by atoms with E-state index in [0.29, 0.717) is 19.4 Å². The average molecular weight is 371 g/mol. The van der Waals surface area contributed by atoms with Gasteiger partial charge >= 0.3 is 11.9 Å². The van der Waals surface area contributed by atoms with Gasteiger partial charge in [-0.1, -0.05) is 13.8 Å². The lowest BCUT2D eigenvalue weighted by atomic mass is 10.0. The van der Waals surface area contributed by atoms with Crippen LogP contribution in [0.15, 0.2) is 0 Å². The second-order valence-corrected chi connectivity index (χ2v) is 6.61. The van der Waals surface area contributed by atoms with Crippen LogP contribution in [0.2, 0.25) is 0 Å². The maximum Gasteiger partial charge on any atom is 0.326 e. The molecule has 3 amide bonds. The third-order valence-electron chi connectivity index (χ3n) is 4.12. The normalized spacial score (nSPS) is 18.9. The van der Waals surface area contributed by atoms with Crippen LogP contribution in [-0.2, 0) is 24.0 Å². The third kappa shape index (κ3) is 5.71. The summed E-state index contributed by atoms with van der Waals surface area (Å²) in [5.41, 5.74) is 0. The summed E-state index contributed by atoms with van der Waals surface area (Å²) < 4.78 is 0. The molecule has 10 heteroatoms. The summed E-state index contributed by atoms with van der Waals surface area (Å²) in [5.74, 6) is -4.52. The molecule has 0 aromatic heterocycles. The molecule has 0 aromatic carbocycles. The fourth-order valence-corrected chi connectivity index (χ4v) is 2.86. The van der Waals surface area contributed by atoms with E-state index in [-0.39, 0.29) is 11.8 Å². The summed E-state index contributed by atoms with van der Waals surface area (Å²) in [6.45, 7) is 5.12. The molecule has 0 aromatic rings. The summed E-state index contributed by atoms with van der Waals surface area (Å²) in [4.78, 5) is 59.7. The van der Waals surface area contributed by atoms with Crippen LogP contribution in [0.1, 0.15) is 40.0 Å². The van der Waals surface area contributed by atoms with E-state index >= 15 is 0 Å². The van der Waals surface area contributed by atoms with Crippen molar-refractivity contribution in [2.24, 2.45) is 5.92 Å². The van der Waals surface area contributed by atoms with Gasteiger partial charge in [-0.25, -0.2) is 4.79 Å². The van der Waals surface area contributed by atoms with Crippen molar-refractivity contribution in [3.05, 3.63) is 0 Å². The van der Waals surface area contributed by atoms with Gasteiger partial charge in [0.15, 0.2) is 0 Å². The van der Waals surface area contributed by atoms with E-state index in [1.54, 1.807) is 13.8 Å². The number of aliphatic carboxylic acids is 2. The highest BCUT2D eigenvalue weighted by Gasteiger charge is 2.39. The first kappa shape index (κ1) is 21.4. The van der Waals surface area contributed by atoms with Crippen molar-refractivity contribution in [1.29, 1.82) is 0 Å². The van der Waals surface area contributed by atoms with Crippen molar-refractivity contribution in [2.45, 2.75) is 58.2 Å². The Morgan fingerprint density at radius 3 is 2.19 bits per heavy atom. The second kappa shape index (κ2) is 9.16. The largest absolute Gasteiger partial charge is 0.481 e. The van der Waals surface area contributed by atoms with Crippen LogP contribution in [0.5, 0.6) is 0 Å². The molecule has 1 rings (SSSR count). The van der Waals surface area contributed by atoms with E-state index in [1.807, 2.05) is 0 Å². The molecule has 0 unspecified atom stereocenters. The van der Waals surface area contributed by atoms with E-state index in [2.05, 4.69) is 10.6 Å². The standard InChI is InChI=1S/C16H25N3O7/c1-8(2)13(17-9(3)20)15(24)19-6-4-5-11(19)14(23)18-10(16(25)26)7-12(21)22/h8,10-11,13H,4-7H2,1-3H3,(H,17,20)(H,18,23)(H,21,22)(H,25,26)/t10-,11-,13-/m0/s1. The Kier molecular flexibility index (Phi) is 7.54. The van der Waals surface area contributed by atoms with Crippen LogP contribution in [0.4, 0.5) is 0 Å². The van der Waals surface area contributed by atoms with Gasteiger partial charge < -0.3 is 25.7 Å². The Hall–Kier alpha value is -2.65. The molecule has 1 saturated heterocycles. The zero-order valence-corrected chi connectivity index (χ0v) is 15.0. The minimum atomic E-state index is -1.58. The van der Waals surface area contributed by atoms with Gasteiger partial charge in [0.05, 0.1) is 6.42 Å².